The summed E-state index contributed by atoms with van der Waals surface area (Å²) in [6.45, 7) is 2.72. The summed E-state index contributed by atoms with van der Waals surface area (Å²) < 4.78 is 12.8. The Morgan fingerprint density at radius 1 is 1.26 bits per heavy atom. The van der Waals surface area contributed by atoms with E-state index in [0.717, 1.165) is 10.4 Å². The summed E-state index contributed by atoms with van der Waals surface area (Å²) >= 11 is 1.57. The smallest absolute Gasteiger partial charge is 0.123 e. The maximum Gasteiger partial charge on any atom is 0.123 e. The van der Waals surface area contributed by atoms with Gasteiger partial charge >= 0.3 is 0 Å². The second kappa shape index (κ2) is 6.80. The molecule has 0 bridgehead atoms. The molecule has 0 aliphatic rings. The van der Waals surface area contributed by atoms with Crippen molar-refractivity contribution in [2.24, 2.45) is 0 Å². The monoisotopic (exact) mass is 279 g/mol. The second-order valence-corrected chi connectivity index (χ2v) is 5.65. The highest BCUT2D eigenvalue weighted by Gasteiger charge is 2.12. The number of hydrogen-bond donors (Lipinski definition) is 2. The molecule has 0 fully saturated rings. The van der Waals surface area contributed by atoms with Crippen LogP contribution in [0.1, 0.15) is 29.9 Å². The van der Waals surface area contributed by atoms with Gasteiger partial charge in [0.15, 0.2) is 0 Å². The van der Waals surface area contributed by atoms with Crippen LogP contribution in [0, 0.1) is 5.82 Å². The van der Waals surface area contributed by atoms with Crippen LogP contribution in [0.2, 0.25) is 0 Å². The number of rotatable bonds is 6. The zero-order valence-corrected chi connectivity index (χ0v) is 11.7. The molecule has 2 unspecified atom stereocenters. The summed E-state index contributed by atoms with van der Waals surface area (Å²) in [4.78, 5) is 0.996. The number of aliphatic hydroxyl groups is 1. The molecule has 0 spiro atoms. The lowest BCUT2D eigenvalue weighted by Crippen LogP contribution is -2.27. The lowest BCUT2D eigenvalue weighted by atomic mass is 10.1. The predicted molar refractivity (Wildman–Crippen MR) is 76.6 cm³/mol. The van der Waals surface area contributed by atoms with Crippen molar-refractivity contribution < 1.29 is 9.50 Å². The first-order valence-electron chi connectivity index (χ1n) is 6.34. The van der Waals surface area contributed by atoms with Crippen LogP contribution in [0.25, 0.3) is 0 Å². The van der Waals surface area contributed by atoms with E-state index in [1.165, 1.54) is 12.1 Å². The number of aliphatic hydroxyl groups excluding tert-OH is 1. The first kappa shape index (κ1) is 14.2. The molecule has 0 saturated carbocycles. The van der Waals surface area contributed by atoms with Crippen molar-refractivity contribution in [3.8, 4) is 0 Å². The largest absolute Gasteiger partial charge is 0.388 e. The molecular formula is C15H18FNOS. The molecule has 2 N–H and O–H groups in total. The van der Waals surface area contributed by atoms with Gasteiger partial charge in [0.25, 0.3) is 0 Å². The molecule has 4 heteroatoms. The van der Waals surface area contributed by atoms with Crippen molar-refractivity contribution in [2.75, 3.05) is 0 Å². The summed E-state index contributed by atoms with van der Waals surface area (Å²) in [6.07, 6.45) is 0.248. The highest BCUT2D eigenvalue weighted by Crippen LogP contribution is 2.22. The minimum absolute atomic E-state index is 0.196. The van der Waals surface area contributed by atoms with Crippen molar-refractivity contribution in [2.45, 2.75) is 32.0 Å². The lowest BCUT2D eigenvalue weighted by molar-refractivity contribution is 0.157. The zero-order chi connectivity index (χ0) is 13.7. The van der Waals surface area contributed by atoms with Crippen molar-refractivity contribution in [1.82, 2.24) is 5.32 Å². The summed E-state index contributed by atoms with van der Waals surface area (Å²) in [5.41, 5.74) is 1.04. The molecule has 0 amide bonds. The Balaban J connectivity index is 1.78. The fraction of sp³-hybridized carbons (Fsp3) is 0.333. The Kier molecular flexibility index (Phi) is 5.07. The van der Waals surface area contributed by atoms with Gasteiger partial charge in [-0.1, -0.05) is 18.2 Å². The van der Waals surface area contributed by atoms with E-state index in [-0.39, 0.29) is 11.9 Å². The molecule has 2 atom stereocenters. The predicted octanol–water partition coefficient (Wildman–Crippen LogP) is 3.49. The van der Waals surface area contributed by atoms with Crippen molar-refractivity contribution in [1.29, 1.82) is 0 Å². The lowest BCUT2D eigenvalue weighted by Gasteiger charge is -2.17. The van der Waals surface area contributed by atoms with Gasteiger partial charge in [-0.05, 0) is 42.5 Å². The third-order valence-corrected chi connectivity index (χ3v) is 3.99. The first-order valence-corrected chi connectivity index (χ1v) is 7.22. The molecule has 2 nitrogen and oxygen atoms in total. The molecule has 0 aliphatic carbocycles. The minimum Gasteiger partial charge on any atom is -0.388 e. The van der Waals surface area contributed by atoms with Crippen LogP contribution in [0.3, 0.4) is 0 Å². The van der Waals surface area contributed by atoms with Gasteiger partial charge in [0.2, 0.25) is 0 Å². The highest BCUT2D eigenvalue weighted by molar-refractivity contribution is 7.10. The first-order chi connectivity index (χ1) is 9.15. The average molecular weight is 279 g/mol. The maximum absolute atomic E-state index is 12.8. The highest BCUT2D eigenvalue weighted by atomic mass is 32.1. The summed E-state index contributed by atoms with van der Waals surface area (Å²) in [7, 11) is 0. The van der Waals surface area contributed by atoms with Crippen LogP contribution in [0.5, 0.6) is 0 Å². The summed E-state index contributed by atoms with van der Waals surface area (Å²) in [5.74, 6) is -0.218. The van der Waals surface area contributed by atoms with Gasteiger partial charge in [-0.15, -0.1) is 11.3 Å². The van der Waals surface area contributed by atoms with Crippen LogP contribution in [0.15, 0.2) is 41.8 Å². The number of benzene rings is 1. The van der Waals surface area contributed by atoms with Gasteiger partial charge in [-0.25, -0.2) is 4.39 Å². The van der Waals surface area contributed by atoms with Crippen LogP contribution < -0.4 is 5.32 Å². The fourth-order valence-corrected chi connectivity index (χ4v) is 2.63. The molecule has 0 saturated heterocycles. The Hall–Kier alpha value is -1.23. The van der Waals surface area contributed by atoms with Gasteiger partial charge in [-0.3, -0.25) is 0 Å². The number of hydrogen-bond acceptors (Lipinski definition) is 3. The Bertz CT molecular complexity index is 483. The quantitative estimate of drug-likeness (QED) is 0.848. The Morgan fingerprint density at radius 3 is 2.63 bits per heavy atom. The Labute approximate surface area is 116 Å². The molecule has 1 aromatic heterocycles. The van der Waals surface area contributed by atoms with Crippen LogP contribution >= 0.6 is 11.3 Å². The number of thiophene rings is 1. The molecule has 0 radical (unpaired) electrons. The van der Waals surface area contributed by atoms with Gasteiger partial charge in [0.05, 0.1) is 6.10 Å². The van der Waals surface area contributed by atoms with E-state index < -0.39 is 6.10 Å². The summed E-state index contributed by atoms with van der Waals surface area (Å²) in [6, 6.07) is 10.5. The van der Waals surface area contributed by atoms with Crippen LogP contribution in [-0.2, 0) is 6.54 Å². The minimum atomic E-state index is -0.421. The van der Waals surface area contributed by atoms with Gasteiger partial charge < -0.3 is 10.4 Å². The van der Waals surface area contributed by atoms with E-state index in [1.54, 1.807) is 23.5 Å². The van der Waals surface area contributed by atoms with E-state index in [4.69, 9.17) is 0 Å². The molecule has 1 aromatic carbocycles. The molecular weight excluding hydrogens is 261 g/mol. The third kappa shape index (κ3) is 4.42. The van der Waals surface area contributed by atoms with E-state index in [1.807, 2.05) is 24.4 Å². The standard InChI is InChI=1S/C15H18FNOS/c1-11(9-14(18)15-3-2-8-19-15)17-10-12-4-6-13(16)7-5-12/h2-8,11,14,17-18H,9-10H2,1H3. The molecule has 19 heavy (non-hydrogen) atoms. The van der Waals surface area contributed by atoms with Gasteiger partial charge in [0.1, 0.15) is 5.82 Å². The zero-order valence-electron chi connectivity index (χ0n) is 10.8. The Morgan fingerprint density at radius 2 is 2.00 bits per heavy atom. The van der Waals surface area contributed by atoms with Crippen LogP contribution in [0.4, 0.5) is 4.39 Å². The normalized spacial score (nSPS) is 14.3. The summed E-state index contributed by atoms with van der Waals surface area (Å²) in [5, 5.41) is 15.3. The van der Waals surface area contributed by atoms with Crippen molar-refractivity contribution >= 4 is 11.3 Å². The topological polar surface area (TPSA) is 32.3 Å². The molecule has 0 aliphatic heterocycles. The SMILES string of the molecule is CC(CC(O)c1cccs1)NCc1ccc(F)cc1. The van der Waals surface area contributed by atoms with E-state index in [2.05, 4.69) is 5.32 Å². The van der Waals surface area contributed by atoms with Gasteiger partial charge in [-0.2, -0.15) is 0 Å². The fourth-order valence-electron chi connectivity index (χ4n) is 1.91. The van der Waals surface area contributed by atoms with Crippen molar-refractivity contribution in [3.05, 3.63) is 58.0 Å². The number of halogens is 1. The molecule has 102 valence electrons. The average Bonchev–Trinajstić information content (AvgIpc) is 2.92. The van der Waals surface area contributed by atoms with Gasteiger partial charge in [0, 0.05) is 17.5 Å². The molecule has 1 heterocycles. The maximum atomic E-state index is 12.8. The third-order valence-electron chi connectivity index (χ3n) is 3.02. The van der Waals surface area contributed by atoms with E-state index in [9.17, 15) is 9.50 Å². The molecule has 2 rings (SSSR count). The second-order valence-electron chi connectivity index (χ2n) is 4.68. The molecule has 2 aromatic rings. The van der Waals surface area contributed by atoms with Crippen molar-refractivity contribution in [3.63, 3.8) is 0 Å². The van der Waals surface area contributed by atoms with E-state index in [0.29, 0.717) is 13.0 Å². The number of nitrogens with one attached hydrogen (secondary N) is 1. The van der Waals surface area contributed by atoms with E-state index >= 15 is 0 Å². The van der Waals surface area contributed by atoms with Crippen LogP contribution in [-0.4, -0.2) is 11.1 Å².